The molecular formula is C10H20N6O. The van der Waals surface area contributed by atoms with Gasteiger partial charge in [0.25, 0.3) is 0 Å². The Kier molecular flexibility index (Phi) is 4.06. The van der Waals surface area contributed by atoms with E-state index in [0.717, 1.165) is 0 Å². The second-order valence-electron chi connectivity index (χ2n) is 4.78. The number of nitrogens with two attached hydrogens (primary N) is 1. The zero-order valence-corrected chi connectivity index (χ0v) is 10.8. The highest BCUT2D eigenvalue weighted by molar-refractivity contribution is 5.75. The van der Waals surface area contributed by atoms with Crippen molar-refractivity contribution in [2.45, 2.75) is 25.9 Å². The summed E-state index contributed by atoms with van der Waals surface area (Å²) in [5, 5.41) is 6.69. The van der Waals surface area contributed by atoms with Crippen LogP contribution in [0.4, 0.5) is 5.95 Å². The van der Waals surface area contributed by atoms with E-state index in [2.05, 4.69) is 34.1 Å². The van der Waals surface area contributed by atoms with Crippen molar-refractivity contribution < 1.29 is 4.79 Å². The summed E-state index contributed by atoms with van der Waals surface area (Å²) >= 11 is 0. The lowest BCUT2D eigenvalue weighted by Gasteiger charge is -2.32. The molecule has 0 aliphatic carbocycles. The molecule has 0 aliphatic rings. The van der Waals surface area contributed by atoms with E-state index in [1.807, 2.05) is 14.1 Å². The smallest absolute Gasteiger partial charge is 0.241 e. The molecule has 1 aromatic heterocycles. The van der Waals surface area contributed by atoms with Gasteiger partial charge in [0.1, 0.15) is 12.9 Å². The maximum absolute atomic E-state index is 11.6. The minimum absolute atomic E-state index is 0.0863. The highest BCUT2D eigenvalue weighted by Gasteiger charge is 2.21. The number of hydrogen-bond donors (Lipinski definition) is 2. The molecule has 1 aromatic rings. The maximum atomic E-state index is 11.6. The minimum atomic E-state index is -0.107. The van der Waals surface area contributed by atoms with E-state index >= 15 is 0 Å². The number of nitrogens with one attached hydrogen (secondary N) is 1. The van der Waals surface area contributed by atoms with Gasteiger partial charge in [-0.15, -0.1) is 5.10 Å². The Labute approximate surface area is 101 Å². The Morgan fingerprint density at radius 1 is 1.59 bits per heavy atom. The standard InChI is InChI=1S/C10H20N6O/c1-10(2,15(3)4)6-12-8(17)5-16-7-13-9(11)14-16/h7H,5-6H2,1-4H3,(H2,11,14)(H,12,17). The Balaban J connectivity index is 2.41. The van der Waals surface area contributed by atoms with Crippen LogP contribution in [0.25, 0.3) is 0 Å². The van der Waals surface area contributed by atoms with Crippen molar-refractivity contribution in [3.63, 3.8) is 0 Å². The van der Waals surface area contributed by atoms with Crippen molar-refractivity contribution in [1.29, 1.82) is 0 Å². The zero-order chi connectivity index (χ0) is 13.1. The largest absolute Gasteiger partial charge is 0.367 e. The molecule has 1 heterocycles. The fraction of sp³-hybridized carbons (Fsp3) is 0.700. The number of anilines is 1. The monoisotopic (exact) mass is 240 g/mol. The molecule has 3 N–H and O–H groups in total. The molecule has 0 aliphatic heterocycles. The van der Waals surface area contributed by atoms with Crippen LogP contribution in [0.1, 0.15) is 13.8 Å². The van der Waals surface area contributed by atoms with Gasteiger partial charge < -0.3 is 16.0 Å². The predicted molar refractivity (Wildman–Crippen MR) is 65.2 cm³/mol. The van der Waals surface area contributed by atoms with Crippen molar-refractivity contribution in [2.75, 3.05) is 26.4 Å². The average Bonchev–Trinajstić information content (AvgIpc) is 2.61. The second kappa shape index (κ2) is 5.13. The number of carbonyl (C=O) groups excluding carboxylic acids is 1. The molecule has 1 rings (SSSR count). The number of amides is 1. The number of aromatic nitrogens is 3. The molecule has 0 spiro atoms. The highest BCUT2D eigenvalue weighted by Crippen LogP contribution is 2.07. The van der Waals surface area contributed by atoms with E-state index < -0.39 is 0 Å². The van der Waals surface area contributed by atoms with Crippen LogP contribution in [0.15, 0.2) is 6.33 Å². The Morgan fingerprint density at radius 3 is 2.71 bits per heavy atom. The topological polar surface area (TPSA) is 89.1 Å². The average molecular weight is 240 g/mol. The number of carbonyl (C=O) groups is 1. The van der Waals surface area contributed by atoms with Gasteiger partial charge >= 0.3 is 0 Å². The van der Waals surface area contributed by atoms with Crippen LogP contribution in [-0.2, 0) is 11.3 Å². The van der Waals surface area contributed by atoms with Crippen molar-refractivity contribution in [2.24, 2.45) is 0 Å². The van der Waals surface area contributed by atoms with Crippen LogP contribution >= 0.6 is 0 Å². The van der Waals surface area contributed by atoms with Gasteiger partial charge in [0.05, 0.1) is 0 Å². The third kappa shape index (κ3) is 4.03. The molecule has 17 heavy (non-hydrogen) atoms. The van der Waals surface area contributed by atoms with Gasteiger partial charge in [-0.25, -0.2) is 9.67 Å². The lowest BCUT2D eigenvalue weighted by Crippen LogP contribution is -2.48. The van der Waals surface area contributed by atoms with Crippen LogP contribution in [-0.4, -0.2) is 51.8 Å². The van der Waals surface area contributed by atoms with Gasteiger partial charge in [-0.05, 0) is 27.9 Å². The summed E-state index contributed by atoms with van der Waals surface area (Å²) in [6.07, 6.45) is 1.44. The molecule has 1 amide bonds. The number of rotatable bonds is 5. The van der Waals surface area contributed by atoms with E-state index in [-0.39, 0.29) is 23.9 Å². The van der Waals surface area contributed by atoms with Gasteiger partial charge in [0, 0.05) is 12.1 Å². The van der Waals surface area contributed by atoms with E-state index in [9.17, 15) is 4.79 Å². The lowest BCUT2D eigenvalue weighted by molar-refractivity contribution is -0.122. The first-order valence-corrected chi connectivity index (χ1v) is 5.40. The van der Waals surface area contributed by atoms with Crippen molar-refractivity contribution >= 4 is 11.9 Å². The number of nitrogens with zero attached hydrogens (tertiary/aromatic N) is 4. The first-order chi connectivity index (χ1) is 7.81. The molecule has 0 saturated carbocycles. The summed E-state index contributed by atoms with van der Waals surface area (Å²) in [4.78, 5) is 17.4. The summed E-state index contributed by atoms with van der Waals surface area (Å²) < 4.78 is 1.41. The highest BCUT2D eigenvalue weighted by atomic mass is 16.2. The van der Waals surface area contributed by atoms with Crippen LogP contribution in [0, 0.1) is 0 Å². The molecule has 0 aromatic carbocycles. The SMILES string of the molecule is CN(C)C(C)(C)CNC(=O)Cn1cnc(N)n1. The van der Waals surface area contributed by atoms with Gasteiger partial charge in [0.15, 0.2) is 0 Å². The molecule has 7 nitrogen and oxygen atoms in total. The summed E-state index contributed by atoms with van der Waals surface area (Å²) in [6, 6.07) is 0. The number of likely N-dealkylation sites (N-methyl/N-ethyl adjacent to an activating group) is 1. The molecule has 0 fully saturated rings. The molecule has 0 radical (unpaired) electrons. The van der Waals surface area contributed by atoms with Crippen LogP contribution in [0.2, 0.25) is 0 Å². The molecule has 0 unspecified atom stereocenters. The molecular weight excluding hydrogens is 220 g/mol. The van der Waals surface area contributed by atoms with Crippen LogP contribution in [0.5, 0.6) is 0 Å². The summed E-state index contributed by atoms with van der Waals surface area (Å²) in [7, 11) is 3.95. The predicted octanol–water partition coefficient (Wildman–Crippen LogP) is -0.683. The van der Waals surface area contributed by atoms with E-state index in [4.69, 9.17) is 5.73 Å². The van der Waals surface area contributed by atoms with Crippen molar-refractivity contribution in [3.8, 4) is 0 Å². The first kappa shape index (κ1) is 13.4. The molecule has 96 valence electrons. The van der Waals surface area contributed by atoms with Crippen molar-refractivity contribution in [1.82, 2.24) is 25.0 Å². The Hall–Kier alpha value is -1.63. The van der Waals surface area contributed by atoms with Gasteiger partial charge in [-0.3, -0.25) is 4.79 Å². The summed E-state index contributed by atoms with van der Waals surface area (Å²) in [5.74, 6) is 0.0660. The molecule has 7 heteroatoms. The summed E-state index contributed by atoms with van der Waals surface area (Å²) in [5.41, 5.74) is 5.27. The summed E-state index contributed by atoms with van der Waals surface area (Å²) in [6.45, 7) is 4.82. The van der Waals surface area contributed by atoms with Gasteiger partial charge in [-0.2, -0.15) is 0 Å². The van der Waals surface area contributed by atoms with Crippen molar-refractivity contribution in [3.05, 3.63) is 6.33 Å². The Morgan fingerprint density at radius 2 is 2.24 bits per heavy atom. The molecule has 0 atom stereocenters. The van der Waals surface area contributed by atoms with Crippen LogP contribution in [0.3, 0.4) is 0 Å². The lowest BCUT2D eigenvalue weighted by atomic mass is 10.0. The molecule has 0 bridgehead atoms. The van der Waals surface area contributed by atoms with Gasteiger partial charge in [-0.1, -0.05) is 0 Å². The third-order valence-corrected chi connectivity index (χ3v) is 2.79. The van der Waals surface area contributed by atoms with E-state index in [1.165, 1.54) is 11.0 Å². The van der Waals surface area contributed by atoms with Gasteiger partial charge in [0.2, 0.25) is 11.9 Å². The van der Waals surface area contributed by atoms with Crippen LogP contribution < -0.4 is 11.1 Å². The Bertz CT molecular complexity index is 384. The normalized spacial score (nSPS) is 11.8. The first-order valence-electron chi connectivity index (χ1n) is 5.40. The van der Waals surface area contributed by atoms with E-state index in [1.54, 1.807) is 0 Å². The zero-order valence-electron chi connectivity index (χ0n) is 10.8. The minimum Gasteiger partial charge on any atom is -0.367 e. The van der Waals surface area contributed by atoms with E-state index in [0.29, 0.717) is 6.54 Å². The number of hydrogen-bond acceptors (Lipinski definition) is 5. The quantitative estimate of drug-likeness (QED) is 0.711. The fourth-order valence-corrected chi connectivity index (χ4v) is 1.06. The second-order valence-corrected chi connectivity index (χ2v) is 4.78. The third-order valence-electron chi connectivity index (χ3n) is 2.79. The molecule has 0 saturated heterocycles. The maximum Gasteiger partial charge on any atom is 0.241 e. The number of nitrogen functional groups attached to an aromatic ring is 1. The fourth-order valence-electron chi connectivity index (χ4n) is 1.06.